The van der Waals surface area contributed by atoms with Crippen molar-refractivity contribution in [3.8, 4) is 0 Å². The van der Waals surface area contributed by atoms with Crippen molar-refractivity contribution in [2.24, 2.45) is 17.8 Å². The zero-order valence-corrected chi connectivity index (χ0v) is 40.5. The molecule has 0 radical (unpaired) electrons. The normalized spacial score (nSPS) is 12.2. The van der Waals surface area contributed by atoms with Crippen molar-refractivity contribution in [1.29, 1.82) is 0 Å². The van der Waals surface area contributed by atoms with Crippen molar-refractivity contribution in [2.45, 2.75) is 292 Å². The van der Waals surface area contributed by atoms with Crippen LogP contribution in [-0.2, 0) is 28.6 Å². The van der Waals surface area contributed by atoms with Gasteiger partial charge in [-0.1, -0.05) is 247 Å². The third-order valence-corrected chi connectivity index (χ3v) is 11.9. The fourth-order valence-electron chi connectivity index (χ4n) is 7.94. The van der Waals surface area contributed by atoms with Crippen LogP contribution in [0.25, 0.3) is 0 Å². The van der Waals surface area contributed by atoms with Gasteiger partial charge >= 0.3 is 17.9 Å². The third kappa shape index (κ3) is 47.3. The lowest BCUT2D eigenvalue weighted by Gasteiger charge is -2.18. The van der Waals surface area contributed by atoms with Crippen LogP contribution < -0.4 is 0 Å². The lowest BCUT2D eigenvalue weighted by molar-refractivity contribution is -0.167. The van der Waals surface area contributed by atoms with Gasteiger partial charge in [-0.05, 0) is 37.0 Å². The predicted molar refractivity (Wildman–Crippen MR) is 252 cm³/mol. The smallest absolute Gasteiger partial charge is 0.306 e. The van der Waals surface area contributed by atoms with Crippen LogP contribution in [0.3, 0.4) is 0 Å². The molecule has 0 saturated heterocycles. The Kier molecular flexibility index (Phi) is 43.3. The van der Waals surface area contributed by atoms with E-state index in [1.807, 2.05) is 0 Å². The second-order valence-electron chi connectivity index (χ2n) is 19.6. The van der Waals surface area contributed by atoms with Crippen LogP contribution >= 0.6 is 0 Å². The molecule has 0 aromatic heterocycles. The Morgan fingerprint density at radius 1 is 0.288 bits per heavy atom. The molecule has 0 spiro atoms. The number of hydrogen-bond donors (Lipinski definition) is 0. The standard InChI is InChI=1S/C53H102O6/c1-47(2)39-33-27-21-16-12-10-8-7-9-11-13-19-25-32-38-44-53(56)59-50(46-58-52(55)43-37-31-26-20-23-29-35-41-49(5)6)45-57-51(54)42-36-30-24-18-15-14-17-22-28-34-40-48(3)4/h47-50H,7-46H2,1-6H3/t50-/m1/s1. The van der Waals surface area contributed by atoms with Gasteiger partial charge in [0.2, 0.25) is 0 Å². The fourth-order valence-corrected chi connectivity index (χ4v) is 7.94. The number of ether oxygens (including phenoxy) is 3. The molecule has 0 aromatic carbocycles. The number of carbonyl (C=O) groups is 3. The molecule has 350 valence electrons. The molecule has 0 N–H and O–H groups in total. The first kappa shape index (κ1) is 57.4. The van der Waals surface area contributed by atoms with Crippen LogP contribution in [0.4, 0.5) is 0 Å². The molecular weight excluding hydrogens is 733 g/mol. The molecule has 0 fully saturated rings. The molecule has 0 unspecified atom stereocenters. The molecule has 0 amide bonds. The van der Waals surface area contributed by atoms with Crippen LogP contribution in [0, 0.1) is 17.8 Å². The number of unbranched alkanes of at least 4 members (excludes halogenated alkanes) is 29. The van der Waals surface area contributed by atoms with Crippen LogP contribution in [0.1, 0.15) is 286 Å². The maximum absolute atomic E-state index is 12.8. The van der Waals surface area contributed by atoms with Gasteiger partial charge in [-0.15, -0.1) is 0 Å². The lowest BCUT2D eigenvalue weighted by atomic mass is 10.0. The minimum atomic E-state index is -0.763. The first-order chi connectivity index (χ1) is 28.6. The van der Waals surface area contributed by atoms with Crippen LogP contribution in [-0.4, -0.2) is 37.2 Å². The van der Waals surface area contributed by atoms with E-state index in [-0.39, 0.29) is 31.1 Å². The minimum Gasteiger partial charge on any atom is -0.462 e. The van der Waals surface area contributed by atoms with Gasteiger partial charge in [0, 0.05) is 19.3 Å². The molecule has 0 aromatic rings. The summed E-state index contributed by atoms with van der Waals surface area (Å²) in [4.78, 5) is 37.9. The highest BCUT2D eigenvalue weighted by Crippen LogP contribution is 2.18. The van der Waals surface area contributed by atoms with Crippen LogP contribution in [0.5, 0.6) is 0 Å². The summed E-state index contributed by atoms with van der Waals surface area (Å²) in [5.41, 5.74) is 0. The van der Waals surface area contributed by atoms with Gasteiger partial charge in [0.1, 0.15) is 13.2 Å². The predicted octanol–water partition coefficient (Wildman–Crippen LogP) is 16.8. The van der Waals surface area contributed by atoms with E-state index in [2.05, 4.69) is 41.5 Å². The van der Waals surface area contributed by atoms with Crippen molar-refractivity contribution in [2.75, 3.05) is 13.2 Å². The molecule has 0 aliphatic rings. The van der Waals surface area contributed by atoms with Gasteiger partial charge in [-0.25, -0.2) is 0 Å². The molecule has 6 heteroatoms. The van der Waals surface area contributed by atoms with Crippen molar-refractivity contribution in [3.05, 3.63) is 0 Å². The summed E-state index contributed by atoms with van der Waals surface area (Å²) in [6, 6.07) is 0. The van der Waals surface area contributed by atoms with Crippen LogP contribution in [0.15, 0.2) is 0 Å². The average Bonchev–Trinajstić information content (AvgIpc) is 3.19. The van der Waals surface area contributed by atoms with E-state index in [9.17, 15) is 14.4 Å². The summed E-state index contributed by atoms with van der Waals surface area (Å²) in [6.07, 6.45) is 43.9. The Bertz CT molecular complexity index is 914. The van der Waals surface area contributed by atoms with E-state index in [0.29, 0.717) is 19.3 Å². The van der Waals surface area contributed by atoms with E-state index < -0.39 is 6.10 Å². The molecule has 6 nitrogen and oxygen atoms in total. The Morgan fingerprint density at radius 3 is 0.729 bits per heavy atom. The highest BCUT2D eigenvalue weighted by Gasteiger charge is 2.19. The minimum absolute atomic E-state index is 0.0652. The fraction of sp³-hybridized carbons (Fsp3) is 0.943. The molecule has 0 heterocycles. The summed E-state index contributed by atoms with van der Waals surface area (Å²) >= 11 is 0. The SMILES string of the molecule is CC(C)CCCCCCCCCCCCCCCCCC(=O)O[C@H](COC(=O)CCCCCCCCCCCCC(C)C)COC(=O)CCCCCCCCCC(C)C. The highest BCUT2D eigenvalue weighted by molar-refractivity contribution is 5.71. The quantitative estimate of drug-likeness (QED) is 0.0345. The van der Waals surface area contributed by atoms with E-state index >= 15 is 0 Å². The van der Waals surface area contributed by atoms with Gasteiger partial charge in [0.05, 0.1) is 0 Å². The van der Waals surface area contributed by atoms with E-state index in [1.54, 1.807) is 0 Å². The topological polar surface area (TPSA) is 78.9 Å². The van der Waals surface area contributed by atoms with Crippen molar-refractivity contribution >= 4 is 17.9 Å². The Balaban J connectivity index is 4.28. The summed E-state index contributed by atoms with van der Waals surface area (Å²) in [5.74, 6) is 1.59. The Hall–Kier alpha value is -1.59. The first-order valence-corrected chi connectivity index (χ1v) is 26.1. The maximum atomic E-state index is 12.8. The van der Waals surface area contributed by atoms with Gasteiger partial charge in [-0.2, -0.15) is 0 Å². The molecular formula is C53H102O6. The Labute approximate surface area is 368 Å². The molecule has 0 rings (SSSR count). The van der Waals surface area contributed by atoms with Gasteiger partial charge in [0.15, 0.2) is 6.10 Å². The van der Waals surface area contributed by atoms with Crippen LogP contribution in [0.2, 0.25) is 0 Å². The first-order valence-electron chi connectivity index (χ1n) is 26.1. The summed E-state index contributed by atoms with van der Waals surface area (Å²) < 4.78 is 16.8. The highest BCUT2D eigenvalue weighted by atomic mass is 16.6. The molecule has 0 aliphatic carbocycles. The van der Waals surface area contributed by atoms with E-state index in [4.69, 9.17) is 14.2 Å². The molecule has 1 atom stereocenters. The second kappa shape index (κ2) is 44.5. The number of esters is 3. The zero-order chi connectivity index (χ0) is 43.4. The van der Waals surface area contributed by atoms with Gasteiger partial charge < -0.3 is 14.2 Å². The molecule has 0 saturated carbocycles. The number of hydrogen-bond acceptors (Lipinski definition) is 6. The second-order valence-corrected chi connectivity index (χ2v) is 19.6. The number of carbonyl (C=O) groups excluding carboxylic acids is 3. The van der Waals surface area contributed by atoms with Crippen molar-refractivity contribution < 1.29 is 28.6 Å². The maximum Gasteiger partial charge on any atom is 0.306 e. The molecule has 59 heavy (non-hydrogen) atoms. The third-order valence-electron chi connectivity index (χ3n) is 11.9. The monoisotopic (exact) mass is 835 g/mol. The van der Waals surface area contributed by atoms with Crippen molar-refractivity contribution in [3.63, 3.8) is 0 Å². The zero-order valence-electron chi connectivity index (χ0n) is 40.5. The Morgan fingerprint density at radius 2 is 0.492 bits per heavy atom. The summed E-state index contributed by atoms with van der Waals surface area (Å²) in [6.45, 7) is 13.7. The van der Waals surface area contributed by atoms with Gasteiger partial charge in [-0.3, -0.25) is 14.4 Å². The van der Waals surface area contributed by atoms with Crippen molar-refractivity contribution in [1.82, 2.24) is 0 Å². The summed E-state index contributed by atoms with van der Waals surface area (Å²) in [7, 11) is 0. The van der Waals surface area contributed by atoms with E-state index in [0.717, 1.165) is 75.5 Å². The molecule has 0 aliphatic heterocycles. The average molecular weight is 835 g/mol. The van der Waals surface area contributed by atoms with Gasteiger partial charge in [0.25, 0.3) is 0 Å². The largest absolute Gasteiger partial charge is 0.462 e. The lowest BCUT2D eigenvalue weighted by Crippen LogP contribution is -2.30. The molecule has 0 bridgehead atoms. The van der Waals surface area contributed by atoms with E-state index in [1.165, 1.54) is 167 Å². The summed E-state index contributed by atoms with van der Waals surface area (Å²) in [5, 5.41) is 0. The number of rotatable bonds is 46.